The minimum atomic E-state index is -0.110. The summed E-state index contributed by atoms with van der Waals surface area (Å²) in [4.78, 5) is 12.4. The van der Waals surface area contributed by atoms with E-state index in [2.05, 4.69) is 31.3 Å². The predicted molar refractivity (Wildman–Crippen MR) is 101 cm³/mol. The Kier molecular flexibility index (Phi) is 7.33. The van der Waals surface area contributed by atoms with Gasteiger partial charge in [-0.05, 0) is 36.1 Å². The Bertz CT molecular complexity index is 670. The summed E-state index contributed by atoms with van der Waals surface area (Å²) in [6.07, 6.45) is 2.06. The van der Waals surface area contributed by atoms with Gasteiger partial charge in [-0.3, -0.25) is 4.79 Å². The number of ether oxygens (including phenoxy) is 2. The number of carbonyl (C=O) groups excluding carboxylic acids is 1. The van der Waals surface area contributed by atoms with Gasteiger partial charge < -0.3 is 14.8 Å². The Morgan fingerprint density at radius 2 is 1.88 bits per heavy atom. The molecule has 0 aromatic heterocycles. The van der Waals surface area contributed by atoms with Crippen LogP contribution in [0.5, 0.6) is 11.5 Å². The molecule has 0 spiro atoms. The standard InChI is InChI=1S/C21H27NO3/c1-4-5-13-25-19-12-11-18(14-20(19)24-3)21(23)22-15-16(2)17-9-7-6-8-10-17/h6-12,14,16H,4-5,13,15H2,1-3H3,(H,22,23)/t16-/m1/s1. The molecule has 0 aliphatic heterocycles. The Balaban J connectivity index is 1.96. The average Bonchev–Trinajstić information content (AvgIpc) is 2.66. The fourth-order valence-corrected chi connectivity index (χ4v) is 2.50. The summed E-state index contributed by atoms with van der Waals surface area (Å²) >= 11 is 0. The lowest BCUT2D eigenvalue weighted by Crippen LogP contribution is -2.27. The lowest BCUT2D eigenvalue weighted by atomic mass is 10.0. The molecule has 1 atom stereocenters. The summed E-state index contributed by atoms with van der Waals surface area (Å²) < 4.78 is 11.1. The summed E-state index contributed by atoms with van der Waals surface area (Å²) in [6.45, 7) is 5.44. The highest BCUT2D eigenvalue weighted by Gasteiger charge is 2.13. The van der Waals surface area contributed by atoms with Gasteiger partial charge in [-0.2, -0.15) is 0 Å². The first-order valence-electron chi connectivity index (χ1n) is 8.79. The maximum atomic E-state index is 12.4. The van der Waals surface area contributed by atoms with Crippen LogP contribution >= 0.6 is 0 Å². The molecular weight excluding hydrogens is 314 g/mol. The van der Waals surface area contributed by atoms with Crippen molar-refractivity contribution in [2.24, 2.45) is 0 Å². The van der Waals surface area contributed by atoms with Crippen molar-refractivity contribution in [3.8, 4) is 11.5 Å². The summed E-state index contributed by atoms with van der Waals surface area (Å²) in [7, 11) is 1.58. The number of hydrogen-bond acceptors (Lipinski definition) is 3. The number of rotatable bonds is 9. The molecule has 0 unspecified atom stereocenters. The van der Waals surface area contributed by atoms with E-state index in [0.717, 1.165) is 12.8 Å². The molecule has 0 aliphatic rings. The third-order valence-electron chi connectivity index (χ3n) is 4.12. The number of hydrogen-bond donors (Lipinski definition) is 1. The van der Waals surface area contributed by atoms with Crippen molar-refractivity contribution in [3.05, 3.63) is 59.7 Å². The van der Waals surface area contributed by atoms with E-state index in [9.17, 15) is 4.79 Å². The number of amides is 1. The first-order valence-corrected chi connectivity index (χ1v) is 8.79. The van der Waals surface area contributed by atoms with Crippen LogP contribution in [0.1, 0.15) is 48.5 Å². The molecule has 0 bridgehead atoms. The second-order valence-corrected chi connectivity index (χ2v) is 6.09. The highest BCUT2D eigenvalue weighted by atomic mass is 16.5. The first-order chi connectivity index (χ1) is 12.2. The van der Waals surface area contributed by atoms with Gasteiger partial charge in [0.1, 0.15) is 0 Å². The van der Waals surface area contributed by atoms with Gasteiger partial charge in [-0.25, -0.2) is 0 Å². The second kappa shape index (κ2) is 9.72. The summed E-state index contributed by atoms with van der Waals surface area (Å²) in [6, 6.07) is 15.4. The van der Waals surface area contributed by atoms with Gasteiger partial charge in [0, 0.05) is 12.1 Å². The smallest absolute Gasteiger partial charge is 0.251 e. The Morgan fingerprint density at radius 1 is 1.12 bits per heavy atom. The summed E-state index contributed by atoms with van der Waals surface area (Å²) in [5.41, 5.74) is 1.78. The largest absolute Gasteiger partial charge is 0.493 e. The van der Waals surface area contributed by atoms with Gasteiger partial charge >= 0.3 is 0 Å². The zero-order chi connectivity index (χ0) is 18.1. The highest BCUT2D eigenvalue weighted by Crippen LogP contribution is 2.28. The quantitative estimate of drug-likeness (QED) is 0.687. The van der Waals surface area contributed by atoms with Crippen LogP contribution in [-0.2, 0) is 0 Å². The minimum Gasteiger partial charge on any atom is -0.493 e. The maximum absolute atomic E-state index is 12.4. The van der Waals surface area contributed by atoms with Crippen molar-refractivity contribution in [2.45, 2.75) is 32.6 Å². The Hall–Kier alpha value is -2.49. The predicted octanol–water partition coefficient (Wildman–Crippen LogP) is 4.41. The van der Waals surface area contributed by atoms with Crippen molar-refractivity contribution < 1.29 is 14.3 Å². The van der Waals surface area contributed by atoms with E-state index in [1.165, 1.54) is 5.56 Å². The molecule has 0 saturated heterocycles. The molecule has 25 heavy (non-hydrogen) atoms. The number of methoxy groups -OCH3 is 1. The van der Waals surface area contributed by atoms with Crippen molar-refractivity contribution >= 4 is 5.91 Å². The molecule has 4 heteroatoms. The monoisotopic (exact) mass is 341 g/mol. The zero-order valence-corrected chi connectivity index (χ0v) is 15.2. The highest BCUT2D eigenvalue weighted by molar-refractivity contribution is 5.94. The van der Waals surface area contributed by atoms with Crippen LogP contribution < -0.4 is 14.8 Å². The number of unbranched alkanes of at least 4 members (excludes halogenated alkanes) is 1. The van der Waals surface area contributed by atoms with Crippen molar-refractivity contribution in [2.75, 3.05) is 20.3 Å². The zero-order valence-electron chi connectivity index (χ0n) is 15.2. The summed E-state index contributed by atoms with van der Waals surface area (Å²) in [5, 5.41) is 2.98. The van der Waals surface area contributed by atoms with Crippen LogP contribution in [-0.4, -0.2) is 26.2 Å². The molecule has 4 nitrogen and oxygen atoms in total. The van der Waals surface area contributed by atoms with Gasteiger partial charge in [-0.1, -0.05) is 50.6 Å². The minimum absolute atomic E-state index is 0.110. The topological polar surface area (TPSA) is 47.6 Å². The normalized spacial score (nSPS) is 11.6. The molecule has 1 amide bonds. The lowest BCUT2D eigenvalue weighted by Gasteiger charge is -2.14. The van der Waals surface area contributed by atoms with Crippen molar-refractivity contribution in [3.63, 3.8) is 0 Å². The number of carbonyl (C=O) groups is 1. The van der Waals surface area contributed by atoms with Gasteiger partial charge in [0.25, 0.3) is 5.91 Å². The van der Waals surface area contributed by atoms with Gasteiger partial charge in [0.2, 0.25) is 0 Å². The Morgan fingerprint density at radius 3 is 2.56 bits per heavy atom. The number of benzene rings is 2. The van der Waals surface area contributed by atoms with E-state index < -0.39 is 0 Å². The SMILES string of the molecule is CCCCOc1ccc(C(=O)NC[C@@H](C)c2ccccc2)cc1OC. The molecule has 0 fully saturated rings. The molecule has 0 aliphatic carbocycles. The second-order valence-electron chi connectivity index (χ2n) is 6.09. The average molecular weight is 341 g/mol. The van der Waals surface area contributed by atoms with Crippen molar-refractivity contribution in [1.82, 2.24) is 5.32 Å². The van der Waals surface area contributed by atoms with Gasteiger partial charge in [-0.15, -0.1) is 0 Å². The van der Waals surface area contributed by atoms with Gasteiger partial charge in [0.05, 0.1) is 13.7 Å². The van der Waals surface area contributed by atoms with Gasteiger partial charge in [0.15, 0.2) is 11.5 Å². The maximum Gasteiger partial charge on any atom is 0.251 e. The lowest BCUT2D eigenvalue weighted by molar-refractivity contribution is 0.0951. The van der Waals surface area contributed by atoms with E-state index >= 15 is 0 Å². The van der Waals surface area contributed by atoms with E-state index in [-0.39, 0.29) is 11.8 Å². The third kappa shape index (κ3) is 5.52. The van der Waals surface area contributed by atoms with Crippen LogP contribution in [0.15, 0.2) is 48.5 Å². The van der Waals surface area contributed by atoms with E-state index in [1.807, 2.05) is 18.2 Å². The molecule has 2 aromatic rings. The molecule has 0 saturated carbocycles. The Labute approximate surface area is 150 Å². The fraction of sp³-hybridized carbons (Fsp3) is 0.381. The molecule has 1 N–H and O–H groups in total. The van der Waals surface area contributed by atoms with Crippen molar-refractivity contribution in [1.29, 1.82) is 0 Å². The molecular formula is C21H27NO3. The molecule has 2 aromatic carbocycles. The number of nitrogens with one attached hydrogen (secondary N) is 1. The molecule has 2 rings (SSSR count). The molecule has 0 radical (unpaired) electrons. The third-order valence-corrected chi connectivity index (χ3v) is 4.12. The van der Waals surface area contributed by atoms with Crippen LogP contribution in [0.25, 0.3) is 0 Å². The molecule has 134 valence electrons. The van der Waals surface area contributed by atoms with Crippen LogP contribution in [0.3, 0.4) is 0 Å². The van der Waals surface area contributed by atoms with E-state index in [0.29, 0.717) is 30.2 Å². The van der Waals surface area contributed by atoms with Crippen LogP contribution in [0.2, 0.25) is 0 Å². The van der Waals surface area contributed by atoms with E-state index in [4.69, 9.17) is 9.47 Å². The molecule has 0 heterocycles. The first kappa shape index (κ1) is 18.8. The van der Waals surface area contributed by atoms with Crippen LogP contribution in [0.4, 0.5) is 0 Å². The van der Waals surface area contributed by atoms with E-state index in [1.54, 1.807) is 25.3 Å². The fourth-order valence-electron chi connectivity index (χ4n) is 2.50. The summed E-state index contributed by atoms with van der Waals surface area (Å²) in [5.74, 6) is 1.40. The van der Waals surface area contributed by atoms with Crippen LogP contribution in [0, 0.1) is 0 Å².